The van der Waals surface area contributed by atoms with Crippen molar-refractivity contribution in [3.05, 3.63) is 47.3 Å². The summed E-state index contributed by atoms with van der Waals surface area (Å²) in [6.07, 6.45) is 6.04. The molecule has 9 heteroatoms. The smallest absolute Gasteiger partial charge is 0.405 e. The molecule has 1 aromatic heterocycles. The van der Waals surface area contributed by atoms with Crippen LogP contribution in [0.3, 0.4) is 0 Å². The van der Waals surface area contributed by atoms with E-state index in [0.29, 0.717) is 48.4 Å². The summed E-state index contributed by atoms with van der Waals surface area (Å²) < 4.78 is 29.5. The van der Waals surface area contributed by atoms with Crippen LogP contribution in [0.25, 0.3) is 11.1 Å². The van der Waals surface area contributed by atoms with Gasteiger partial charge in [0.2, 0.25) is 5.91 Å². The molecule has 6 nitrogen and oxygen atoms in total. The number of aromatic nitrogens is 2. The molecule has 172 valence electrons. The van der Waals surface area contributed by atoms with Crippen LogP contribution in [0.15, 0.2) is 30.1 Å². The number of fused-ring (bicyclic) bond motifs is 1. The molecule has 0 saturated carbocycles. The number of hydrogen-bond donors (Lipinski definition) is 1. The SMILES string of the molecule is CC.CC(=O)N1CC[C-]=C(C(=N)N2CCCc3cc(-c4cnn(C)c4)c(C(F)F)cc32)C1.[Na+]. The van der Waals surface area contributed by atoms with Crippen LogP contribution >= 0.6 is 0 Å². The minimum Gasteiger partial charge on any atom is -0.405 e. The fourth-order valence-electron chi connectivity index (χ4n) is 4.13. The Morgan fingerprint density at radius 2 is 1.97 bits per heavy atom. The Kier molecular flexibility index (Phi) is 9.82. The molecule has 0 spiro atoms. The molecule has 2 aromatic rings. The maximum Gasteiger partial charge on any atom is 1.00 e. The van der Waals surface area contributed by atoms with E-state index < -0.39 is 6.43 Å². The zero-order chi connectivity index (χ0) is 23.4. The standard InChI is InChI=1S/C22H24F2N5O.C2H6.Na/c1-14(30)28-7-3-6-16(13-28)22(25)29-8-4-5-15-9-18(17-11-26-27(2)12-17)19(21(23)24)10-20(15)29;1-2;/h9-12,21,25H,3-5,7-8,13H2,1-2H3;1-2H3;/q-1;;+1. The second kappa shape index (κ2) is 11.9. The predicted octanol–water partition coefficient (Wildman–Crippen LogP) is 1.77. The van der Waals surface area contributed by atoms with Gasteiger partial charge in [-0.2, -0.15) is 10.7 Å². The molecule has 0 unspecified atom stereocenters. The van der Waals surface area contributed by atoms with Gasteiger partial charge in [0.1, 0.15) is 0 Å². The van der Waals surface area contributed by atoms with Crippen molar-refractivity contribution in [2.24, 2.45) is 7.05 Å². The Hall–Kier alpha value is -2.03. The predicted molar refractivity (Wildman–Crippen MR) is 122 cm³/mol. The molecular formula is C24H30F2N5NaO. The number of carbonyl (C=O) groups excluding carboxylic acids is 1. The number of amidine groups is 1. The van der Waals surface area contributed by atoms with Crippen LogP contribution < -0.4 is 34.5 Å². The zero-order valence-electron chi connectivity index (χ0n) is 20.1. The third kappa shape index (κ3) is 5.91. The van der Waals surface area contributed by atoms with Crippen molar-refractivity contribution < 1.29 is 43.1 Å². The van der Waals surface area contributed by atoms with Crippen LogP contribution in [0.4, 0.5) is 14.5 Å². The molecule has 3 heterocycles. The number of hydrogen-bond acceptors (Lipinski definition) is 3. The summed E-state index contributed by atoms with van der Waals surface area (Å²) in [5.41, 5.74) is 3.30. The number of nitrogens with zero attached hydrogens (tertiary/aromatic N) is 4. The molecule has 33 heavy (non-hydrogen) atoms. The number of anilines is 1. The number of rotatable bonds is 3. The molecule has 0 saturated heterocycles. The molecule has 1 N–H and O–H groups in total. The Balaban J connectivity index is 0.00000125. The molecule has 0 aliphatic carbocycles. The van der Waals surface area contributed by atoms with Gasteiger partial charge < -0.3 is 15.2 Å². The first-order valence-corrected chi connectivity index (χ1v) is 11.0. The van der Waals surface area contributed by atoms with Crippen LogP contribution in [0.2, 0.25) is 0 Å². The van der Waals surface area contributed by atoms with Gasteiger partial charge in [-0.1, -0.05) is 20.3 Å². The molecule has 1 aromatic carbocycles. The van der Waals surface area contributed by atoms with Crippen molar-refractivity contribution in [2.75, 3.05) is 24.5 Å². The average molecular weight is 466 g/mol. The fourth-order valence-corrected chi connectivity index (χ4v) is 4.13. The van der Waals surface area contributed by atoms with E-state index in [2.05, 4.69) is 11.2 Å². The number of aryl methyl sites for hydroxylation is 2. The largest absolute Gasteiger partial charge is 1.00 e. The molecular weight excluding hydrogens is 435 g/mol. The van der Waals surface area contributed by atoms with Gasteiger partial charge in [0.25, 0.3) is 6.43 Å². The van der Waals surface area contributed by atoms with Crippen molar-refractivity contribution in [2.45, 2.75) is 46.5 Å². The number of halogens is 2. The summed E-state index contributed by atoms with van der Waals surface area (Å²) in [6, 6.07) is 3.33. The first-order chi connectivity index (χ1) is 15.3. The molecule has 0 atom stereocenters. The summed E-state index contributed by atoms with van der Waals surface area (Å²) in [5.74, 6) is 0.193. The van der Waals surface area contributed by atoms with E-state index in [0.717, 1.165) is 18.4 Å². The third-order valence-electron chi connectivity index (χ3n) is 5.69. The average Bonchev–Trinajstić information content (AvgIpc) is 3.24. The Morgan fingerprint density at radius 1 is 1.24 bits per heavy atom. The van der Waals surface area contributed by atoms with Crippen molar-refractivity contribution in [3.63, 3.8) is 0 Å². The van der Waals surface area contributed by atoms with Gasteiger partial charge in [0.05, 0.1) is 6.20 Å². The van der Waals surface area contributed by atoms with E-state index in [1.807, 2.05) is 19.9 Å². The van der Waals surface area contributed by atoms with Gasteiger partial charge in [-0.3, -0.25) is 15.6 Å². The van der Waals surface area contributed by atoms with Gasteiger partial charge in [0.15, 0.2) is 0 Å². The van der Waals surface area contributed by atoms with E-state index in [1.54, 1.807) is 33.9 Å². The molecule has 4 rings (SSSR count). The number of amides is 1. The molecule has 2 aliphatic rings. The van der Waals surface area contributed by atoms with Gasteiger partial charge in [-0.25, -0.2) is 8.78 Å². The summed E-state index contributed by atoms with van der Waals surface area (Å²) >= 11 is 0. The number of alkyl halides is 2. The molecule has 1 amide bonds. The topological polar surface area (TPSA) is 65.2 Å². The normalized spacial score (nSPS) is 15.2. The first-order valence-electron chi connectivity index (χ1n) is 11.0. The number of carbonyl (C=O) groups is 1. The van der Waals surface area contributed by atoms with Crippen molar-refractivity contribution in [3.8, 4) is 11.1 Å². The summed E-state index contributed by atoms with van der Waals surface area (Å²) in [5, 5.41) is 12.8. The van der Waals surface area contributed by atoms with Crippen molar-refractivity contribution in [1.29, 1.82) is 5.41 Å². The van der Waals surface area contributed by atoms with Crippen LogP contribution in [0.1, 0.15) is 51.2 Å². The Morgan fingerprint density at radius 3 is 2.58 bits per heavy atom. The van der Waals surface area contributed by atoms with Crippen molar-refractivity contribution >= 4 is 17.4 Å². The molecule has 0 fully saturated rings. The third-order valence-corrected chi connectivity index (χ3v) is 5.69. The second-order valence-electron chi connectivity index (χ2n) is 7.72. The minimum atomic E-state index is -2.64. The maximum absolute atomic E-state index is 14.0. The molecule has 0 bridgehead atoms. The Labute approximate surface area is 216 Å². The van der Waals surface area contributed by atoms with E-state index in [4.69, 9.17) is 5.41 Å². The zero-order valence-corrected chi connectivity index (χ0v) is 22.1. The van der Waals surface area contributed by atoms with E-state index >= 15 is 0 Å². The van der Waals surface area contributed by atoms with Gasteiger partial charge in [-0.05, 0) is 41.9 Å². The quantitative estimate of drug-likeness (QED) is 0.325. The monoisotopic (exact) mass is 465 g/mol. The number of nitrogens with one attached hydrogen (secondary N) is 1. The van der Waals surface area contributed by atoms with Crippen LogP contribution in [-0.2, 0) is 18.3 Å². The minimum absolute atomic E-state index is 0. The molecule has 2 aliphatic heterocycles. The maximum atomic E-state index is 14.0. The second-order valence-corrected chi connectivity index (χ2v) is 7.72. The van der Waals surface area contributed by atoms with Crippen LogP contribution in [0.5, 0.6) is 0 Å². The number of benzene rings is 1. The molecule has 0 radical (unpaired) electrons. The van der Waals surface area contributed by atoms with Crippen molar-refractivity contribution in [1.82, 2.24) is 14.7 Å². The Bertz CT molecular complexity index is 1030. The van der Waals surface area contributed by atoms with Gasteiger partial charge in [-0.15, -0.1) is 0 Å². The van der Waals surface area contributed by atoms with Gasteiger partial charge in [0, 0.05) is 56.6 Å². The van der Waals surface area contributed by atoms with Gasteiger partial charge >= 0.3 is 29.6 Å². The van der Waals surface area contributed by atoms with E-state index in [1.165, 1.54) is 13.0 Å². The van der Waals surface area contributed by atoms with E-state index in [9.17, 15) is 13.6 Å². The van der Waals surface area contributed by atoms with E-state index in [-0.39, 0.29) is 46.9 Å². The summed E-state index contributed by atoms with van der Waals surface area (Å²) in [7, 11) is 1.76. The van der Waals surface area contributed by atoms with Crippen LogP contribution in [-0.4, -0.2) is 46.1 Å². The first kappa shape index (κ1) is 27.2. The fraction of sp³-hybridized carbons (Fsp3) is 0.458. The van der Waals surface area contributed by atoms with Crippen LogP contribution in [0, 0.1) is 11.5 Å². The summed E-state index contributed by atoms with van der Waals surface area (Å²) in [6.45, 7) is 7.01. The summed E-state index contributed by atoms with van der Waals surface area (Å²) in [4.78, 5) is 15.2.